The zero-order valence-electron chi connectivity index (χ0n) is 13.2. The van der Waals surface area contributed by atoms with E-state index in [-0.39, 0.29) is 16.6 Å². The summed E-state index contributed by atoms with van der Waals surface area (Å²) < 4.78 is 27.7. The predicted octanol–water partition coefficient (Wildman–Crippen LogP) is 3.93. The second-order valence-electron chi connectivity index (χ2n) is 5.80. The minimum Gasteiger partial charge on any atom is -0.508 e. The number of nitrogens with one attached hydrogen (secondary N) is 1. The van der Waals surface area contributed by atoms with Crippen LogP contribution in [0.4, 0.5) is 5.69 Å². The molecule has 22 heavy (non-hydrogen) atoms. The molecule has 0 saturated carbocycles. The molecule has 0 heterocycles. The molecule has 0 aromatic heterocycles. The number of hydrogen-bond donors (Lipinski definition) is 2. The van der Waals surface area contributed by atoms with Crippen LogP contribution in [0.25, 0.3) is 0 Å². The Kier molecular flexibility index (Phi) is 4.47. The molecule has 0 bridgehead atoms. The standard InChI is InChI=1S/C17H21NO3S/c1-11(2)15-10-17(19)13(4)9-16(15)18-22(20,21)14-7-5-12(3)6-8-14/h5-11,18-19H,1-4H3. The minimum atomic E-state index is -3.65. The second kappa shape index (κ2) is 6.01. The summed E-state index contributed by atoms with van der Waals surface area (Å²) in [6.07, 6.45) is 0. The molecule has 0 spiro atoms. The van der Waals surface area contributed by atoms with Crippen molar-refractivity contribution in [3.8, 4) is 5.75 Å². The lowest BCUT2D eigenvalue weighted by Gasteiger charge is -2.17. The van der Waals surface area contributed by atoms with Crippen LogP contribution >= 0.6 is 0 Å². The third kappa shape index (κ3) is 3.42. The van der Waals surface area contributed by atoms with Gasteiger partial charge in [0.2, 0.25) is 0 Å². The van der Waals surface area contributed by atoms with Crippen LogP contribution in [0.2, 0.25) is 0 Å². The van der Waals surface area contributed by atoms with E-state index in [0.29, 0.717) is 11.3 Å². The molecule has 0 saturated heterocycles. The van der Waals surface area contributed by atoms with E-state index in [4.69, 9.17) is 0 Å². The highest BCUT2D eigenvalue weighted by atomic mass is 32.2. The number of anilines is 1. The number of aromatic hydroxyl groups is 1. The highest BCUT2D eigenvalue weighted by Gasteiger charge is 2.18. The molecule has 2 rings (SSSR count). The van der Waals surface area contributed by atoms with Gasteiger partial charge >= 0.3 is 0 Å². The summed E-state index contributed by atoms with van der Waals surface area (Å²) in [5, 5.41) is 9.84. The van der Waals surface area contributed by atoms with Gasteiger partial charge in [-0.1, -0.05) is 31.5 Å². The fourth-order valence-corrected chi connectivity index (χ4v) is 3.28. The average molecular weight is 319 g/mol. The summed E-state index contributed by atoms with van der Waals surface area (Å²) in [4.78, 5) is 0.221. The summed E-state index contributed by atoms with van der Waals surface area (Å²) in [5.41, 5.74) is 2.90. The smallest absolute Gasteiger partial charge is 0.261 e. The fourth-order valence-electron chi connectivity index (χ4n) is 2.20. The number of hydrogen-bond acceptors (Lipinski definition) is 3. The van der Waals surface area contributed by atoms with Gasteiger partial charge in [0.15, 0.2) is 0 Å². The third-order valence-electron chi connectivity index (χ3n) is 3.57. The van der Waals surface area contributed by atoms with E-state index < -0.39 is 10.0 Å². The second-order valence-corrected chi connectivity index (χ2v) is 7.48. The molecular formula is C17H21NO3S. The molecule has 0 amide bonds. The van der Waals surface area contributed by atoms with Crippen molar-refractivity contribution in [3.05, 3.63) is 53.1 Å². The summed E-state index contributed by atoms with van der Waals surface area (Å²) >= 11 is 0. The summed E-state index contributed by atoms with van der Waals surface area (Å²) in [7, 11) is -3.65. The van der Waals surface area contributed by atoms with Crippen molar-refractivity contribution in [1.29, 1.82) is 0 Å². The number of phenols is 1. The normalized spacial score (nSPS) is 11.7. The molecule has 0 atom stereocenters. The number of benzene rings is 2. The van der Waals surface area contributed by atoms with E-state index in [9.17, 15) is 13.5 Å². The number of sulfonamides is 1. The van der Waals surface area contributed by atoms with Gasteiger partial charge < -0.3 is 5.11 Å². The highest BCUT2D eigenvalue weighted by Crippen LogP contribution is 2.32. The molecule has 0 fully saturated rings. The number of rotatable bonds is 4. The van der Waals surface area contributed by atoms with E-state index in [1.807, 2.05) is 20.8 Å². The van der Waals surface area contributed by atoms with Crippen molar-refractivity contribution < 1.29 is 13.5 Å². The fraction of sp³-hybridized carbons (Fsp3) is 0.294. The van der Waals surface area contributed by atoms with Crippen LogP contribution in [0.5, 0.6) is 5.75 Å². The van der Waals surface area contributed by atoms with Crippen molar-refractivity contribution in [3.63, 3.8) is 0 Å². The van der Waals surface area contributed by atoms with Gasteiger partial charge in [-0.3, -0.25) is 4.72 Å². The van der Waals surface area contributed by atoms with Crippen LogP contribution in [-0.4, -0.2) is 13.5 Å². The maximum Gasteiger partial charge on any atom is 0.261 e. The topological polar surface area (TPSA) is 66.4 Å². The predicted molar refractivity (Wildman–Crippen MR) is 88.9 cm³/mol. The first-order valence-electron chi connectivity index (χ1n) is 7.13. The Labute approximate surface area is 131 Å². The van der Waals surface area contributed by atoms with E-state index in [2.05, 4.69) is 4.72 Å². The summed E-state index contributed by atoms with van der Waals surface area (Å²) in [6, 6.07) is 9.98. The molecule has 2 aromatic carbocycles. The van der Waals surface area contributed by atoms with E-state index in [0.717, 1.165) is 11.1 Å². The Bertz CT molecular complexity index is 778. The molecule has 5 heteroatoms. The van der Waals surface area contributed by atoms with Crippen molar-refractivity contribution >= 4 is 15.7 Å². The maximum absolute atomic E-state index is 12.5. The Morgan fingerprint density at radius 3 is 2.18 bits per heavy atom. The van der Waals surface area contributed by atoms with Gasteiger partial charge in [-0.05, 0) is 55.2 Å². The first kappa shape index (κ1) is 16.4. The minimum absolute atomic E-state index is 0.0854. The van der Waals surface area contributed by atoms with Crippen LogP contribution in [0, 0.1) is 13.8 Å². The summed E-state index contributed by atoms with van der Waals surface area (Å²) in [5.74, 6) is 0.254. The zero-order valence-corrected chi connectivity index (χ0v) is 14.0. The number of phenolic OH excluding ortho intramolecular Hbond substituents is 1. The first-order chi connectivity index (χ1) is 10.2. The lowest BCUT2D eigenvalue weighted by Crippen LogP contribution is -2.14. The molecule has 4 nitrogen and oxygen atoms in total. The molecular weight excluding hydrogens is 298 g/mol. The monoisotopic (exact) mass is 319 g/mol. The molecule has 0 aliphatic heterocycles. The SMILES string of the molecule is Cc1ccc(S(=O)(=O)Nc2cc(C)c(O)cc2C(C)C)cc1. The van der Waals surface area contributed by atoms with Crippen LogP contribution in [0.1, 0.15) is 36.5 Å². The first-order valence-corrected chi connectivity index (χ1v) is 8.62. The Balaban J connectivity index is 2.45. The Morgan fingerprint density at radius 1 is 1.05 bits per heavy atom. The van der Waals surface area contributed by atoms with E-state index in [1.54, 1.807) is 43.3 Å². The quantitative estimate of drug-likeness (QED) is 0.839. The lowest BCUT2D eigenvalue weighted by molar-refractivity contribution is 0.470. The van der Waals surface area contributed by atoms with Gasteiger partial charge in [-0.25, -0.2) is 8.42 Å². The van der Waals surface area contributed by atoms with Crippen molar-refractivity contribution in [2.24, 2.45) is 0 Å². The maximum atomic E-state index is 12.5. The van der Waals surface area contributed by atoms with Crippen molar-refractivity contribution in [2.75, 3.05) is 4.72 Å². The average Bonchev–Trinajstić information content (AvgIpc) is 2.42. The molecule has 118 valence electrons. The Morgan fingerprint density at radius 2 is 1.64 bits per heavy atom. The van der Waals surface area contributed by atoms with Gasteiger partial charge in [-0.15, -0.1) is 0 Å². The summed E-state index contributed by atoms with van der Waals surface area (Å²) in [6.45, 7) is 7.55. The van der Waals surface area contributed by atoms with Gasteiger partial charge in [0.05, 0.1) is 10.6 Å². The molecule has 2 N–H and O–H groups in total. The third-order valence-corrected chi connectivity index (χ3v) is 4.95. The van der Waals surface area contributed by atoms with Crippen molar-refractivity contribution in [2.45, 2.75) is 38.5 Å². The van der Waals surface area contributed by atoms with Gasteiger partial charge in [0.25, 0.3) is 10.0 Å². The highest BCUT2D eigenvalue weighted by molar-refractivity contribution is 7.92. The van der Waals surface area contributed by atoms with E-state index >= 15 is 0 Å². The van der Waals surface area contributed by atoms with Gasteiger partial charge in [0.1, 0.15) is 5.75 Å². The van der Waals surface area contributed by atoms with Crippen LogP contribution in [0.15, 0.2) is 41.3 Å². The van der Waals surface area contributed by atoms with Crippen LogP contribution < -0.4 is 4.72 Å². The largest absolute Gasteiger partial charge is 0.508 e. The lowest BCUT2D eigenvalue weighted by atomic mass is 9.99. The van der Waals surface area contributed by atoms with E-state index in [1.165, 1.54) is 0 Å². The van der Waals surface area contributed by atoms with Crippen LogP contribution in [-0.2, 0) is 10.0 Å². The zero-order chi connectivity index (χ0) is 16.5. The molecule has 0 aliphatic rings. The molecule has 2 aromatic rings. The van der Waals surface area contributed by atoms with Gasteiger partial charge in [0, 0.05) is 0 Å². The van der Waals surface area contributed by atoms with Crippen LogP contribution in [0.3, 0.4) is 0 Å². The van der Waals surface area contributed by atoms with Crippen molar-refractivity contribution in [1.82, 2.24) is 0 Å². The molecule has 0 radical (unpaired) electrons. The molecule has 0 unspecified atom stereocenters. The molecule has 0 aliphatic carbocycles. The number of aryl methyl sites for hydroxylation is 2. The van der Waals surface area contributed by atoms with Gasteiger partial charge in [-0.2, -0.15) is 0 Å². The Hall–Kier alpha value is -2.01.